The lowest BCUT2D eigenvalue weighted by Crippen LogP contribution is -1.75. The van der Waals surface area contributed by atoms with Crippen molar-refractivity contribution in [3.05, 3.63) is 48.5 Å². The first-order valence-electron chi connectivity index (χ1n) is 8.74. The molecule has 4 nitrogen and oxygen atoms in total. The predicted molar refractivity (Wildman–Crippen MR) is 128 cm³/mol. The number of thiophene rings is 3. The van der Waals surface area contributed by atoms with Crippen molar-refractivity contribution in [3.63, 3.8) is 0 Å². The smallest absolute Gasteiger partial charge is 0.113 e. The lowest BCUT2D eigenvalue weighted by atomic mass is 10.1. The molecule has 29 heavy (non-hydrogen) atoms. The molecule has 0 aliphatic heterocycles. The molecule has 0 atom stereocenters. The maximum Gasteiger partial charge on any atom is 0.113 e. The molecule has 138 valence electrons. The SMILES string of the molecule is c1cc(-c2cc3c(s2)sc2cc(-c4cccc5nsnc45)sc23)c2nsnc2c1. The van der Waals surface area contributed by atoms with E-state index in [1.54, 1.807) is 0 Å². The largest absolute Gasteiger partial charge is 0.173 e. The number of aromatic nitrogens is 4. The molecule has 0 N–H and O–H groups in total. The summed E-state index contributed by atoms with van der Waals surface area (Å²) in [6.45, 7) is 0. The normalized spacial score (nSPS) is 12.1. The van der Waals surface area contributed by atoms with E-state index in [0.717, 1.165) is 22.1 Å². The number of rotatable bonds is 2. The van der Waals surface area contributed by atoms with Crippen LogP contribution in [0, 0.1) is 0 Å². The zero-order valence-corrected chi connectivity index (χ0v) is 18.5. The molecule has 0 saturated carbocycles. The van der Waals surface area contributed by atoms with Gasteiger partial charge in [0.15, 0.2) is 0 Å². The maximum absolute atomic E-state index is 4.51. The first kappa shape index (κ1) is 16.5. The molecule has 5 heterocycles. The van der Waals surface area contributed by atoms with E-state index in [2.05, 4.69) is 53.9 Å². The summed E-state index contributed by atoms with van der Waals surface area (Å²) in [6, 6.07) is 17.1. The number of fused-ring (bicyclic) bond motifs is 5. The van der Waals surface area contributed by atoms with Crippen molar-refractivity contribution in [2.45, 2.75) is 0 Å². The van der Waals surface area contributed by atoms with Crippen molar-refractivity contribution in [3.8, 4) is 20.9 Å². The molecule has 9 heteroatoms. The fourth-order valence-electron chi connectivity index (χ4n) is 3.62. The van der Waals surface area contributed by atoms with E-state index in [9.17, 15) is 0 Å². The highest BCUT2D eigenvalue weighted by Crippen LogP contribution is 2.48. The predicted octanol–water partition coefficient (Wildman–Crippen LogP) is 7.52. The van der Waals surface area contributed by atoms with Crippen LogP contribution in [0.25, 0.3) is 61.7 Å². The standard InChI is InChI=1S/C20H8N4S5/c1-3-9(17-12(5-1)21-28-23-17)14-7-11-19-16(27-20(11)26-14)8-15(25-19)10-4-2-6-13-18(10)24-29-22-13/h1-8H. The minimum absolute atomic E-state index is 0.970. The maximum atomic E-state index is 4.51. The Kier molecular flexibility index (Phi) is 3.47. The van der Waals surface area contributed by atoms with Gasteiger partial charge in [0.25, 0.3) is 0 Å². The molecular weight excluding hydrogens is 457 g/mol. The van der Waals surface area contributed by atoms with Gasteiger partial charge in [0.05, 0.1) is 32.2 Å². The van der Waals surface area contributed by atoms with Gasteiger partial charge in [0.2, 0.25) is 0 Å². The second kappa shape index (κ2) is 6.10. The lowest BCUT2D eigenvalue weighted by Gasteiger charge is -1.97. The summed E-state index contributed by atoms with van der Waals surface area (Å²) in [4.78, 5) is 2.51. The average molecular weight is 465 g/mol. The lowest BCUT2D eigenvalue weighted by molar-refractivity contribution is 1.64. The first-order valence-corrected chi connectivity index (χ1v) is 12.7. The molecule has 0 spiro atoms. The molecule has 7 aromatic rings. The summed E-state index contributed by atoms with van der Waals surface area (Å²) in [5.74, 6) is 0. The van der Waals surface area contributed by atoms with Crippen LogP contribution in [0.5, 0.6) is 0 Å². The van der Waals surface area contributed by atoms with Gasteiger partial charge in [-0.1, -0.05) is 24.3 Å². The van der Waals surface area contributed by atoms with Crippen molar-refractivity contribution < 1.29 is 0 Å². The third-order valence-corrected chi connectivity index (χ3v) is 9.77. The monoisotopic (exact) mass is 464 g/mol. The van der Waals surface area contributed by atoms with Gasteiger partial charge in [-0.2, -0.15) is 17.5 Å². The Morgan fingerprint density at radius 2 is 1.28 bits per heavy atom. The summed E-state index contributed by atoms with van der Waals surface area (Å²) >= 11 is 8.11. The highest BCUT2D eigenvalue weighted by Gasteiger charge is 2.17. The number of benzene rings is 2. The Balaban J connectivity index is 1.43. The van der Waals surface area contributed by atoms with Crippen molar-refractivity contribution in [2.24, 2.45) is 0 Å². The fourth-order valence-corrected chi connectivity index (χ4v) is 8.75. The molecule has 7 rings (SSSR count). The van der Waals surface area contributed by atoms with Crippen LogP contribution in [0.2, 0.25) is 0 Å². The Labute approximate surface area is 184 Å². The molecule has 0 bridgehead atoms. The van der Waals surface area contributed by atoms with E-state index >= 15 is 0 Å². The third kappa shape index (κ3) is 2.39. The highest BCUT2D eigenvalue weighted by atomic mass is 32.2. The summed E-state index contributed by atoms with van der Waals surface area (Å²) in [7, 11) is 0. The Hall–Kier alpha value is -2.30. The molecule has 0 saturated heterocycles. The average Bonchev–Trinajstić information content (AvgIpc) is 3.52. The van der Waals surface area contributed by atoms with Gasteiger partial charge < -0.3 is 0 Å². The van der Waals surface area contributed by atoms with Crippen LogP contribution in [0.3, 0.4) is 0 Å². The van der Waals surface area contributed by atoms with Crippen LogP contribution in [-0.2, 0) is 0 Å². The number of nitrogens with zero attached hydrogens (tertiary/aromatic N) is 4. The van der Waals surface area contributed by atoms with Crippen LogP contribution in [0.15, 0.2) is 48.5 Å². The van der Waals surface area contributed by atoms with Crippen LogP contribution in [0.1, 0.15) is 0 Å². The van der Waals surface area contributed by atoms with Gasteiger partial charge in [-0.25, -0.2) is 0 Å². The van der Waals surface area contributed by atoms with Crippen molar-refractivity contribution in [1.82, 2.24) is 17.5 Å². The van der Waals surface area contributed by atoms with Gasteiger partial charge in [-0.05, 0) is 24.3 Å². The van der Waals surface area contributed by atoms with Gasteiger partial charge in [0.1, 0.15) is 22.1 Å². The molecule has 0 radical (unpaired) electrons. The molecule has 2 aromatic carbocycles. The van der Waals surface area contributed by atoms with Crippen molar-refractivity contribution in [1.29, 1.82) is 0 Å². The zero-order chi connectivity index (χ0) is 18.9. The van der Waals surface area contributed by atoms with Crippen LogP contribution < -0.4 is 0 Å². The van der Waals surface area contributed by atoms with Crippen molar-refractivity contribution in [2.75, 3.05) is 0 Å². The zero-order valence-electron chi connectivity index (χ0n) is 14.4. The number of hydrogen-bond donors (Lipinski definition) is 0. The van der Waals surface area contributed by atoms with E-state index < -0.39 is 0 Å². The molecule has 0 aliphatic rings. The van der Waals surface area contributed by atoms with E-state index in [1.807, 2.05) is 46.1 Å². The molecule has 5 aromatic heterocycles. The third-order valence-electron chi connectivity index (χ3n) is 4.95. The highest BCUT2D eigenvalue weighted by molar-refractivity contribution is 7.45. The number of hydrogen-bond acceptors (Lipinski definition) is 9. The molecule has 0 aliphatic carbocycles. The van der Waals surface area contributed by atoms with Crippen molar-refractivity contribution >= 4 is 98.3 Å². The Morgan fingerprint density at radius 1 is 0.621 bits per heavy atom. The molecule has 0 fully saturated rings. The van der Waals surface area contributed by atoms with Gasteiger partial charge in [0, 0.05) is 31.0 Å². The van der Waals surface area contributed by atoms with Crippen LogP contribution in [-0.4, -0.2) is 17.5 Å². The Morgan fingerprint density at radius 3 is 1.97 bits per heavy atom. The van der Waals surface area contributed by atoms with E-state index in [1.165, 1.54) is 63.1 Å². The summed E-state index contributed by atoms with van der Waals surface area (Å²) in [5.41, 5.74) is 6.28. The van der Waals surface area contributed by atoms with E-state index in [0.29, 0.717) is 0 Å². The molecule has 0 unspecified atom stereocenters. The second-order valence-electron chi connectivity index (χ2n) is 6.59. The van der Waals surface area contributed by atoms with Gasteiger partial charge in [-0.15, -0.1) is 34.0 Å². The topological polar surface area (TPSA) is 51.6 Å². The minimum atomic E-state index is 0.970. The second-order valence-corrected chi connectivity index (χ2v) is 11.1. The quantitative estimate of drug-likeness (QED) is 0.265. The summed E-state index contributed by atoms with van der Waals surface area (Å²) < 4.78 is 21.8. The molecule has 0 amide bonds. The van der Waals surface area contributed by atoms with Crippen LogP contribution >= 0.6 is 57.5 Å². The summed E-state index contributed by atoms with van der Waals surface area (Å²) in [5, 5.41) is 1.34. The molecular formula is C20H8N4S5. The van der Waals surface area contributed by atoms with E-state index in [-0.39, 0.29) is 0 Å². The Bertz CT molecular complexity index is 1560. The minimum Gasteiger partial charge on any atom is -0.173 e. The van der Waals surface area contributed by atoms with Gasteiger partial charge >= 0.3 is 0 Å². The van der Waals surface area contributed by atoms with E-state index in [4.69, 9.17) is 0 Å². The van der Waals surface area contributed by atoms with Gasteiger partial charge in [-0.3, -0.25) is 0 Å². The summed E-state index contributed by atoms with van der Waals surface area (Å²) in [6.07, 6.45) is 0. The first-order chi connectivity index (χ1) is 14.3. The van der Waals surface area contributed by atoms with Crippen LogP contribution in [0.4, 0.5) is 0 Å². The fraction of sp³-hybridized carbons (Fsp3) is 0.